The molecule has 0 radical (unpaired) electrons. The van der Waals surface area contributed by atoms with Crippen molar-refractivity contribution >= 4 is 40.0 Å². The fourth-order valence-corrected chi connectivity index (χ4v) is 4.26. The predicted octanol–water partition coefficient (Wildman–Crippen LogP) is 4.55. The Morgan fingerprint density at radius 3 is 2.52 bits per heavy atom. The van der Waals surface area contributed by atoms with E-state index in [0.29, 0.717) is 16.4 Å². The van der Waals surface area contributed by atoms with Crippen molar-refractivity contribution in [2.45, 2.75) is 18.9 Å². The Morgan fingerprint density at radius 2 is 1.81 bits per heavy atom. The number of aromatic nitrogens is 3. The summed E-state index contributed by atoms with van der Waals surface area (Å²) in [5, 5.41) is 4.31. The molecule has 2 aromatic carbocycles. The fraction of sp³-hybridized carbons (Fsp3) is 0.167. The molecule has 4 aromatic rings. The third-order valence-electron chi connectivity index (χ3n) is 4.80. The summed E-state index contributed by atoms with van der Waals surface area (Å²) in [6, 6.07) is 15.4. The largest absolute Gasteiger partial charge is 0.331 e. The van der Waals surface area contributed by atoms with Gasteiger partial charge in [0.05, 0.1) is 16.8 Å². The van der Waals surface area contributed by atoms with Crippen molar-refractivity contribution in [1.82, 2.24) is 14.5 Å². The van der Waals surface area contributed by atoms with Crippen LogP contribution in [0.1, 0.15) is 27.3 Å². The molecule has 6 nitrogen and oxygen atoms in total. The minimum Gasteiger partial charge on any atom is -0.331 e. The van der Waals surface area contributed by atoms with Crippen LogP contribution in [0.4, 0.5) is 5.69 Å². The number of nitrogens with one attached hydrogen (secondary N) is 1. The van der Waals surface area contributed by atoms with Crippen molar-refractivity contribution in [3.05, 3.63) is 83.4 Å². The van der Waals surface area contributed by atoms with E-state index in [-0.39, 0.29) is 17.4 Å². The first kappa shape index (κ1) is 20.8. The summed E-state index contributed by atoms with van der Waals surface area (Å²) in [6.45, 7) is 3.98. The van der Waals surface area contributed by atoms with Gasteiger partial charge in [-0.15, -0.1) is 0 Å². The minimum atomic E-state index is -0.219. The molecule has 1 amide bonds. The molecule has 0 aliphatic heterocycles. The van der Waals surface area contributed by atoms with Crippen molar-refractivity contribution in [2.24, 2.45) is 7.05 Å². The highest BCUT2D eigenvalue weighted by molar-refractivity contribution is 8.00. The molecule has 0 saturated heterocycles. The maximum absolute atomic E-state index is 13.2. The number of imidazole rings is 1. The Hall–Kier alpha value is -3.45. The molecule has 2 heterocycles. The highest BCUT2D eigenvalue weighted by atomic mass is 32.2. The Morgan fingerprint density at radius 1 is 1.06 bits per heavy atom. The van der Waals surface area contributed by atoms with E-state index in [1.807, 2.05) is 56.3 Å². The molecule has 0 spiro atoms. The number of hydrogen-bond acceptors (Lipinski definition) is 5. The molecule has 0 aliphatic rings. The van der Waals surface area contributed by atoms with Crippen molar-refractivity contribution in [3.63, 3.8) is 0 Å². The lowest BCUT2D eigenvalue weighted by molar-refractivity contribution is -0.113. The smallest absolute Gasteiger partial charge is 0.234 e. The summed E-state index contributed by atoms with van der Waals surface area (Å²) in [5.41, 5.74) is 4.15. The van der Waals surface area contributed by atoms with E-state index in [1.165, 1.54) is 11.8 Å². The molecule has 1 N–H and O–H groups in total. The van der Waals surface area contributed by atoms with Gasteiger partial charge in [-0.25, -0.2) is 9.97 Å². The molecule has 4 rings (SSSR count). The Kier molecular flexibility index (Phi) is 5.86. The van der Waals surface area contributed by atoms with Crippen molar-refractivity contribution in [2.75, 3.05) is 11.1 Å². The highest BCUT2D eigenvalue weighted by Crippen LogP contribution is 2.27. The van der Waals surface area contributed by atoms with E-state index >= 15 is 0 Å². The zero-order chi connectivity index (χ0) is 22.0. The van der Waals surface area contributed by atoms with E-state index in [1.54, 1.807) is 24.0 Å². The highest BCUT2D eigenvalue weighted by Gasteiger charge is 2.20. The first-order valence-electron chi connectivity index (χ1n) is 9.83. The zero-order valence-corrected chi connectivity index (χ0v) is 18.4. The number of thioether (sulfide) groups is 1. The number of carbonyl (C=O) groups excluding carboxylic acids is 2. The van der Waals surface area contributed by atoms with E-state index in [9.17, 15) is 9.59 Å². The molecular weight excluding hydrogens is 408 g/mol. The van der Waals surface area contributed by atoms with Gasteiger partial charge in [0.15, 0.2) is 5.82 Å². The number of benzene rings is 2. The van der Waals surface area contributed by atoms with E-state index < -0.39 is 0 Å². The Balaban J connectivity index is 1.60. The van der Waals surface area contributed by atoms with E-state index in [4.69, 9.17) is 0 Å². The van der Waals surface area contributed by atoms with Crippen LogP contribution >= 0.6 is 11.8 Å². The number of para-hydroxylation sites is 1. The zero-order valence-electron chi connectivity index (χ0n) is 17.5. The molecule has 31 heavy (non-hydrogen) atoms. The third-order valence-corrected chi connectivity index (χ3v) is 5.79. The van der Waals surface area contributed by atoms with Gasteiger partial charge >= 0.3 is 0 Å². The lowest BCUT2D eigenvalue weighted by Gasteiger charge is -2.11. The summed E-state index contributed by atoms with van der Waals surface area (Å²) >= 11 is 1.25. The van der Waals surface area contributed by atoms with Gasteiger partial charge in [0.1, 0.15) is 5.03 Å². The van der Waals surface area contributed by atoms with Crippen LogP contribution in [0.15, 0.2) is 66.0 Å². The Labute approximate surface area is 184 Å². The lowest BCUT2D eigenvalue weighted by atomic mass is 10.1. The average molecular weight is 431 g/mol. The number of amides is 1. The molecule has 0 fully saturated rings. The van der Waals surface area contributed by atoms with Gasteiger partial charge in [0.25, 0.3) is 0 Å². The summed E-state index contributed by atoms with van der Waals surface area (Å²) in [5.74, 6) is 0.0982. The quantitative estimate of drug-likeness (QED) is 0.359. The van der Waals surface area contributed by atoms with Crippen LogP contribution in [0.25, 0.3) is 10.9 Å². The van der Waals surface area contributed by atoms with Crippen LogP contribution in [0, 0.1) is 13.8 Å². The minimum absolute atomic E-state index is 0.138. The van der Waals surface area contributed by atoms with Crippen molar-refractivity contribution < 1.29 is 9.59 Å². The van der Waals surface area contributed by atoms with Gasteiger partial charge in [0.2, 0.25) is 11.7 Å². The monoisotopic (exact) mass is 430 g/mol. The standard InChI is InChI=1S/C24H22N4O2S/c1-15-10-16(2)12-18(11-15)26-21(29)14-31-24-19(22(30)23-25-8-9-28(23)3)13-17-6-4-5-7-20(17)27-24/h4-13H,14H2,1-3H3,(H,26,29). The SMILES string of the molecule is Cc1cc(C)cc(NC(=O)CSc2nc3ccccc3cc2C(=O)c2nccn2C)c1. The molecule has 2 aromatic heterocycles. The number of hydrogen-bond donors (Lipinski definition) is 1. The van der Waals surface area contributed by atoms with Gasteiger partial charge in [-0.3, -0.25) is 9.59 Å². The van der Waals surface area contributed by atoms with Crippen LogP contribution in [-0.4, -0.2) is 32.0 Å². The van der Waals surface area contributed by atoms with Gasteiger partial charge in [-0.2, -0.15) is 0 Å². The molecule has 0 bridgehead atoms. The van der Waals surface area contributed by atoms with Gasteiger partial charge in [-0.1, -0.05) is 36.0 Å². The molecule has 0 aliphatic carbocycles. The van der Waals surface area contributed by atoms with Crippen LogP contribution in [-0.2, 0) is 11.8 Å². The summed E-state index contributed by atoms with van der Waals surface area (Å²) < 4.78 is 1.68. The van der Waals surface area contributed by atoms with Crippen LogP contribution in [0.3, 0.4) is 0 Å². The van der Waals surface area contributed by atoms with Crippen molar-refractivity contribution in [1.29, 1.82) is 0 Å². The van der Waals surface area contributed by atoms with Gasteiger partial charge < -0.3 is 9.88 Å². The van der Waals surface area contributed by atoms with Crippen LogP contribution < -0.4 is 5.32 Å². The molecule has 156 valence electrons. The average Bonchev–Trinajstić information content (AvgIpc) is 3.16. The van der Waals surface area contributed by atoms with Crippen LogP contribution in [0.2, 0.25) is 0 Å². The number of nitrogens with zero attached hydrogens (tertiary/aromatic N) is 3. The molecule has 0 atom stereocenters. The Bertz CT molecular complexity index is 1280. The molecule has 7 heteroatoms. The summed E-state index contributed by atoms with van der Waals surface area (Å²) in [4.78, 5) is 34.6. The van der Waals surface area contributed by atoms with Crippen LogP contribution in [0.5, 0.6) is 0 Å². The van der Waals surface area contributed by atoms with Gasteiger partial charge in [-0.05, 0) is 49.2 Å². The van der Waals surface area contributed by atoms with Gasteiger partial charge in [0, 0.05) is 30.5 Å². The fourth-order valence-electron chi connectivity index (χ4n) is 3.45. The summed E-state index contributed by atoms with van der Waals surface area (Å²) in [6.07, 6.45) is 3.32. The second kappa shape index (κ2) is 8.73. The van der Waals surface area contributed by atoms with Crippen molar-refractivity contribution in [3.8, 4) is 0 Å². The third kappa shape index (κ3) is 4.67. The number of fused-ring (bicyclic) bond motifs is 1. The second-order valence-electron chi connectivity index (χ2n) is 7.44. The number of anilines is 1. The number of ketones is 1. The van der Waals surface area contributed by atoms with E-state index in [0.717, 1.165) is 27.7 Å². The maximum Gasteiger partial charge on any atom is 0.234 e. The summed E-state index contributed by atoms with van der Waals surface area (Å²) in [7, 11) is 1.78. The molecular formula is C24H22N4O2S. The normalized spacial score (nSPS) is 10.9. The number of pyridine rings is 1. The topological polar surface area (TPSA) is 76.9 Å². The van der Waals surface area contributed by atoms with E-state index in [2.05, 4.69) is 21.4 Å². The number of aryl methyl sites for hydroxylation is 3. The number of carbonyl (C=O) groups is 2. The first-order valence-corrected chi connectivity index (χ1v) is 10.8. The first-order chi connectivity index (χ1) is 14.9. The maximum atomic E-state index is 13.2. The molecule has 0 unspecified atom stereocenters. The predicted molar refractivity (Wildman–Crippen MR) is 124 cm³/mol. The second-order valence-corrected chi connectivity index (χ2v) is 8.40. The molecule has 0 saturated carbocycles. The number of rotatable bonds is 6. The lowest BCUT2D eigenvalue weighted by Crippen LogP contribution is -2.15.